The summed E-state index contributed by atoms with van der Waals surface area (Å²) in [5, 5.41) is 21.9. The second-order valence-corrected chi connectivity index (χ2v) is 12.1. The van der Waals surface area contributed by atoms with E-state index in [0.717, 1.165) is 6.42 Å². The maximum atomic E-state index is 13.5. The summed E-state index contributed by atoms with van der Waals surface area (Å²) in [5.74, 6) is -3.32. The number of para-hydroxylation sites is 1. The third kappa shape index (κ3) is 4.69. The van der Waals surface area contributed by atoms with E-state index in [1.807, 2.05) is 19.1 Å². The maximum Gasteiger partial charge on any atom is 0.338 e. The predicted octanol–water partition coefficient (Wildman–Crippen LogP) is 4.03. The van der Waals surface area contributed by atoms with Gasteiger partial charge in [0.15, 0.2) is 5.78 Å². The van der Waals surface area contributed by atoms with Crippen LogP contribution in [0.1, 0.15) is 58.2 Å². The number of allylic oxidation sites excluding steroid dienone is 3. The summed E-state index contributed by atoms with van der Waals surface area (Å²) in [6.07, 6.45) is 4.47. The quantitative estimate of drug-likeness (QED) is 0.203. The largest absolute Gasteiger partial charge is 0.506 e. The van der Waals surface area contributed by atoms with Gasteiger partial charge in [-0.2, -0.15) is 0 Å². The number of aromatic nitrogens is 1. The summed E-state index contributed by atoms with van der Waals surface area (Å²) in [7, 11) is 0. The molecular formula is C35H30N2O9. The van der Waals surface area contributed by atoms with E-state index in [2.05, 4.69) is 0 Å². The molecule has 5 unspecified atom stereocenters. The molecule has 1 saturated carbocycles. The van der Waals surface area contributed by atoms with Crippen molar-refractivity contribution >= 4 is 57.5 Å². The minimum absolute atomic E-state index is 0.0309. The molecule has 5 atom stereocenters. The fourth-order valence-corrected chi connectivity index (χ4v) is 7.04. The number of carbonyl (C=O) groups excluding carboxylic acids is 5. The number of anilines is 1. The first kappa shape index (κ1) is 29.5. The first-order valence-corrected chi connectivity index (χ1v) is 15.3. The van der Waals surface area contributed by atoms with E-state index in [0.29, 0.717) is 23.0 Å². The second-order valence-electron chi connectivity index (χ2n) is 12.1. The van der Waals surface area contributed by atoms with Crippen LogP contribution in [0.25, 0.3) is 22.2 Å². The standard InChI is InChI=1S/C35H30N2O9/c1-2-4-26(39)45-15-21(38)16-46-35(44)20-9-11-22-23(14-20)32(41)29(31(22)40)24-12-10-17-5-3-6-25(30(17)36-24)37-33(42)27-18-7-8-19(13-18)28(27)34(37)43/h3,5-12,14,18-19,21,27-28,38,41H,2,4,13,15-16H2,1H3. The van der Waals surface area contributed by atoms with Crippen molar-refractivity contribution in [2.24, 2.45) is 23.7 Å². The Hall–Kier alpha value is -5.16. The first-order valence-electron chi connectivity index (χ1n) is 15.3. The van der Waals surface area contributed by atoms with Gasteiger partial charge in [-0.25, -0.2) is 14.7 Å². The third-order valence-corrected chi connectivity index (χ3v) is 9.18. The zero-order chi connectivity index (χ0) is 32.3. The van der Waals surface area contributed by atoms with Crippen molar-refractivity contribution in [3.8, 4) is 0 Å². The van der Waals surface area contributed by atoms with E-state index in [1.165, 1.54) is 23.1 Å². The predicted molar refractivity (Wildman–Crippen MR) is 164 cm³/mol. The molecule has 7 rings (SSSR count). The molecule has 3 aromatic rings. The fraction of sp³-hybridized carbons (Fsp3) is 0.314. The summed E-state index contributed by atoms with van der Waals surface area (Å²) in [6.45, 7) is 1.07. The summed E-state index contributed by atoms with van der Waals surface area (Å²) < 4.78 is 10.1. The summed E-state index contributed by atoms with van der Waals surface area (Å²) in [4.78, 5) is 70.7. The number of carbonyl (C=O) groups is 5. The third-order valence-electron chi connectivity index (χ3n) is 9.18. The average molecular weight is 623 g/mol. The van der Waals surface area contributed by atoms with E-state index in [4.69, 9.17) is 14.5 Å². The van der Waals surface area contributed by atoms with Crippen LogP contribution in [0.4, 0.5) is 5.69 Å². The molecule has 2 bridgehead atoms. The number of ketones is 1. The number of nitrogens with zero attached hydrogens (tertiary/aromatic N) is 2. The monoisotopic (exact) mass is 622 g/mol. The molecular weight excluding hydrogens is 592 g/mol. The van der Waals surface area contributed by atoms with Gasteiger partial charge in [-0.1, -0.05) is 37.3 Å². The highest BCUT2D eigenvalue weighted by atomic mass is 16.6. The Bertz CT molecular complexity index is 1880. The van der Waals surface area contributed by atoms with Crippen molar-refractivity contribution in [1.82, 2.24) is 4.98 Å². The molecule has 3 aliphatic carbocycles. The number of pyridine rings is 1. The molecule has 2 N–H and O–H groups in total. The van der Waals surface area contributed by atoms with Crippen LogP contribution in [0.5, 0.6) is 0 Å². The number of ether oxygens (including phenoxy) is 2. The Labute approximate surface area is 263 Å². The van der Waals surface area contributed by atoms with Crippen molar-refractivity contribution in [3.63, 3.8) is 0 Å². The number of amides is 2. The molecule has 4 aliphatic rings. The summed E-state index contributed by atoms with van der Waals surface area (Å²) in [5.41, 5.74) is 1.03. The number of Topliss-reactive ketones (excluding diaryl/α,β-unsaturated/α-hetero) is 1. The lowest BCUT2D eigenvalue weighted by Crippen LogP contribution is -2.33. The van der Waals surface area contributed by atoms with Crippen molar-refractivity contribution in [1.29, 1.82) is 0 Å². The van der Waals surface area contributed by atoms with E-state index in [9.17, 15) is 34.2 Å². The number of hydrogen-bond donors (Lipinski definition) is 2. The van der Waals surface area contributed by atoms with Crippen LogP contribution in [0.3, 0.4) is 0 Å². The Balaban J connectivity index is 1.14. The Morgan fingerprint density at radius 3 is 2.39 bits per heavy atom. The number of imide groups is 1. The van der Waals surface area contributed by atoms with Gasteiger partial charge < -0.3 is 19.7 Å². The van der Waals surface area contributed by atoms with Gasteiger partial charge in [0.1, 0.15) is 25.1 Å². The Morgan fingerprint density at radius 1 is 0.957 bits per heavy atom. The van der Waals surface area contributed by atoms with Gasteiger partial charge in [-0.3, -0.25) is 19.2 Å². The van der Waals surface area contributed by atoms with E-state index < -0.39 is 30.4 Å². The number of benzene rings is 2. The van der Waals surface area contributed by atoms with Gasteiger partial charge in [-0.15, -0.1) is 0 Å². The van der Waals surface area contributed by atoms with Gasteiger partial charge >= 0.3 is 11.9 Å². The first-order chi connectivity index (χ1) is 22.2. The highest BCUT2D eigenvalue weighted by Gasteiger charge is 2.59. The minimum atomic E-state index is -1.22. The van der Waals surface area contributed by atoms with Crippen molar-refractivity contribution in [3.05, 3.63) is 83.1 Å². The van der Waals surface area contributed by atoms with Crippen LogP contribution in [-0.4, -0.2) is 64.1 Å². The molecule has 11 heteroatoms. The number of rotatable bonds is 9. The van der Waals surface area contributed by atoms with E-state index in [-0.39, 0.29) is 82.2 Å². The number of esters is 2. The zero-order valence-corrected chi connectivity index (χ0v) is 24.8. The van der Waals surface area contributed by atoms with Crippen LogP contribution in [0.2, 0.25) is 0 Å². The molecule has 2 heterocycles. The van der Waals surface area contributed by atoms with Gasteiger partial charge in [0.25, 0.3) is 0 Å². The normalized spacial score (nSPS) is 23.3. The van der Waals surface area contributed by atoms with Gasteiger partial charge in [0, 0.05) is 22.9 Å². The number of fused-ring (bicyclic) bond motifs is 7. The van der Waals surface area contributed by atoms with Crippen LogP contribution in [0.15, 0.2) is 60.7 Å². The highest BCUT2D eigenvalue weighted by Crippen LogP contribution is 2.53. The van der Waals surface area contributed by atoms with E-state index >= 15 is 0 Å². The van der Waals surface area contributed by atoms with Gasteiger partial charge in [0.2, 0.25) is 11.8 Å². The molecule has 2 amide bonds. The molecule has 11 nitrogen and oxygen atoms in total. The molecule has 1 aliphatic heterocycles. The lowest BCUT2D eigenvalue weighted by atomic mass is 9.85. The van der Waals surface area contributed by atoms with Gasteiger partial charge in [-0.05, 0) is 55.0 Å². The molecule has 1 aromatic heterocycles. The number of aliphatic hydroxyl groups excluding tert-OH is 2. The Morgan fingerprint density at radius 2 is 1.67 bits per heavy atom. The van der Waals surface area contributed by atoms with E-state index in [1.54, 1.807) is 30.3 Å². The highest BCUT2D eigenvalue weighted by molar-refractivity contribution is 6.39. The van der Waals surface area contributed by atoms with Crippen molar-refractivity contribution in [2.45, 2.75) is 32.3 Å². The molecule has 234 valence electrons. The molecule has 0 spiro atoms. The minimum Gasteiger partial charge on any atom is -0.506 e. The molecule has 2 fully saturated rings. The summed E-state index contributed by atoms with van der Waals surface area (Å²) in [6, 6.07) is 12.6. The molecule has 46 heavy (non-hydrogen) atoms. The fourth-order valence-electron chi connectivity index (χ4n) is 7.04. The molecule has 0 radical (unpaired) electrons. The summed E-state index contributed by atoms with van der Waals surface area (Å²) >= 11 is 0. The van der Waals surface area contributed by atoms with Crippen LogP contribution >= 0.6 is 0 Å². The molecule has 1 saturated heterocycles. The van der Waals surface area contributed by atoms with Crippen molar-refractivity contribution < 1.29 is 43.7 Å². The lowest BCUT2D eigenvalue weighted by molar-refractivity contribution is -0.147. The SMILES string of the molecule is CCCC(=O)OCC(O)COC(=O)c1ccc2c(c1)C(O)=C(c1ccc3cccc(N4C(=O)C5C6C=CC(C6)C5C4=O)c3n1)C2=O. The van der Waals surface area contributed by atoms with Crippen LogP contribution in [-0.2, 0) is 23.9 Å². The smallest absolute Gasteiger partial charge is 0.338 e. The lowest BCUT2D eigenvalue weighted by Gasteiger charge is -2.19. The number of aliphatic hydroxyl groups is 2. The van der Waals surface area contributed by atoms with Gasteiger partial charge in [0.05, 0.1) is 39.9 Å². The van der Waals surface area contributed by atoms with Crippen LogP contribution in [0, 0.1) is 23.7 Å². The molecule has 2 aromatic carbocycles. The van der Waals surface area contributed by atoms with Crippen molar-refractivity contribution in [2.75, 3.05) is 18.1 Å². The maximum absolute atomic E-state index is 13.5. The van der Waals surface area contributed by atoms with Crippen LogP contribution < -0.4 is 4.90 Å². The Kier molecular flexibility index (Phi) is 7.28. The number of hydrogen-bond acceptors (Lipinski definition) is 10. The topological polar surface area (TPSA) is 160 Å². The second kappa shape index (κ2) is 11.3. The average Bonchev–Trinajstić information content (AvgIpc) is 3.80. The zero-order valence-electron chi connectivity index (χ0n) is 24.8.